The van der Waals surface area contributed by atoms with Gasteiger partial charge in [-0.15, -0.1) is 0 Å². The number of nitrogens with one attached hydrogen (secondary N) is 1. The minimum atomic E-state index is 0.368. The third-order valence-corrected chi connectivity index (χ3v) is 2.32. The van der Waals surface area contributed by atoms with Gasteiger partial charge in [-0.1, -0.05) is 17.7 Å². The van der Waals surface area contributed by atoms with Crippen molar-refractivity contribution in [3.8, 4) is 0 Å². The molecule has 0 saturated carbocycles. The summed E-state index contributed by atoms with van der Waals surface area (Å²) in [5.74, 6) is 0. The van der Waals surface area contributed by atoms with Crippen molar-refractivity contribution in [1.82, 2.24) is 0 Å². The first-order valence-electron chi connectivity index (χ1n) is 4.33. The fourth-order valence-corrected chi connectivity index (χ4v) is 1.37. The van der Waals surface area contributed by atoms with E-state index in [-0.39, 0.29) is 0 Å². The van der Waals surface area contributed by atoms with Gasteiger partial charge in [0.25, 0.3) is 5.17 Å². The maximum atomic E-state index is 5.95. The van der Waals surface area contributed by atoms with Crippen molar-refractivity contribution in [1.29, 1.82) is 0 Å². The zero-order chi connectivity index (χ0) is 10.6. The number of halogens is 1. The average Bonchev–Trinajstić information content (AvgIpc) is 2.12. The Kier molecular flexibility index (Phi) is 4.17. The Morgan fingerprint density at radius 1 is 1.57 bits per heavy atom. The van der Waals surface area contributed by atoms with Gasteiger partial charge >= 0.3 is 0 Å². The SMILES string of the molecule is CCOC(=S)Nc1ccc(C)c(Cl)c1. The summed E-state index contributed by atoms with van der Waals surface area (Å²) in [4.78, 5) is 0. The van der Waals surface area contributed by atoms with Crippen molar-refractivity contribution in [3.05, 3.63) is 28.8 Å². The molecule has 1 N–H and O–H groups in total. The van der Waals surface area contributed by atoms with E-state index >= 15 is 0 Å². The molecule has 0 amide bonds. The van der Waals surface area contributed by atoms with Gasteiger partial charge in [-0.2, -0.15) is 0 Å². The number of anilines is 1. The van der Waals surface area contributed by atoms with Crippen LogP contribution in [0.5, 0.6) is 0 Å². The van der Waals surface area contributed by atoms with Crippen molar-refractivity contribution in [3.63, 3.8) is 0 Å². The molecule has 0 spiro atoms. The van der Waals surface area contributed by atoms with Gasteiger partial charge in [-0.05, 0) is 43.8 Å². The monoisotopic (exact) mass is 229 g/mol. The predicted octanol–water partition coefficient (Wildman–Crippen LogP) is 3.38. The second kappa shape index (κ2) is 5.17. The largest absolute Gasteiger partial charge is 0.471 e. The summed E-state index contributed by atoms with van der Waals surface area (Å²) in [7, 11) is 0. The second-order valence-electron chi connectivity index (χ2n) is 2.81. The van der Waals surface area contributed by atoms with E-state index in [1.165, 1.54) is 0 Å². The van der Waals surface area contributed by atoms with Crippen LogP contribution >= 0.6 is 23.8 Å². The molecule has 14 heavy (non-hydrogen) atoms. The normalized spacial score (nSPS) is 9.64. The van der Waals surface area contributed by atoms with E-state index < -0.39 is 0 Å². The highest BCUT2D eigenvalue weighted by Gasteiger charge is 2.00. The van der Waals surface area contributed by atoms with Gasteiger partial charge in [0.2, 0.25) is 0 Å². The molecule has 4 heteroatoms. The summed E-state index contributed by atoms with van der Waals surface area (Å²) in [5, 5.41) is 4.02. The number of hydrogen-bond acceptors (Lipinski definition) is 2. The molecule has 2 nitrogen and oxygen atoms in total. The lowest BCUT2D eigenvalue weighted by molar-refractivity contribution is 0.335. The van der Waals surface area contributed by atoms with Crippen molar-refractivity contribution in [2.24, 2.45) is 0 Å². The Bertz CT molecular complexity index is 341. The molecular weight excluding hydrogens is 218 g/mol. The molecule has 0 aliphatic heterocycles. The van der Waals surface area contributed by atoms with Gasteiger partial charge in [0.05, 0.1) is 6.61 Å². The van der Waals surface area contributed by atoms with Crippen molar-refractivity contribution in [2.45, 2.75) is 13.8 Å². The Morgan fingerprint density at radius 3 is 2.86 bits per heavy atom. The third kappa shape index (κ3) is 3.16. The van der Waals surface area contributed by atoms with Crippen LogP contribution in [0, 0.1) is 6.92 Å². The smallest absolute Gasteiger partial charge is 0.261 e. The first kappa shape index (κ1) is 11.3. The molecule has 0 atom stereocenters. The number of thiocarbonyl (C=S) groups is 1. The Labute approximate surface area is 94.2 Å². The first-order chi connectivity index (χ1) is 6.63. The number of benzene rings is 1. The molecule has 0 bridgehead atoms. The standard InChI is InChI=1S/C10H12ClNOS/c1-3-13-10(14)12-8-5-4-7(2)9(11)6-8/h4-6H,3H2,1-2H3,(H,12,14). The van der Waals surface area contributed by atoms with Crippen LogP contribution in [0.3, 0.4) is 0 Å². The van der Waals surface area contributed by atoms with E-state index in [2.05, 4.69) is 5.32 Å². The van der Waals surface area contributed by atoms with Crippen LogP contribution in [0.2, 0.25) is 5.02 Å². The van der Waals surface area contributed by atoms with Crippen LogP contribution < -0.4 is 5.32 Å². The van der Waals surface area contributed by atoms with Gasteiger partial charge in [-0.25, -0.2) is 0 Å². The zero-order valence-electron chi connectivity index (χ0n) is 8.13. The van der Waals surface area contributed by atoms with Gasteiger partial charge in [0.1, 0.15) is 0 Å². The molecule has 76 valence electrons. The molecule has 0 radical (unpaired) electrons. The molecule has 0 aromatic heterocycles. The minimum absolute atomic E-state index is 0.368. The molecule has 0 heterocycles. The molecular formula is C10H12ClNOS. The van der Waals surface area contributed by atoms with Crippen LogP contribution in [0.1, 0.15) is 12.5 Å². The zero-order valence-corrected chi connectivity index (χ0v) is 9.71. The van der Waals surface area contributed by atoms with Crippen LogP contribution in [0.4, 0.5) is 5.69 Å². The highest BCUT2D eigenvalue weighted by atomic mass is 35.5. The molecule has 0 fully saturated rings. The maximum Gasteiger partial charge on any atom is 0.261 e. The van der Waals surface area contributed by atoms with E-state index in [4.69, 9.17) is 28.6 Å². The molecule has 1 aromatic rings. The topological polar surface area (TPSA) is 21.3 Å². The second-order valence-corrected chi connectivity index (χ2v) is 3.59. The molecule has 1 aromatic carbocycles. The summed E-state index contributed by atoms with van der Waals surface area (Å²) in [5.41, 5.74) is 1.89. The fourth-order valence-electron chi connectivity index (χ4n) is 0.956. The van der Waals surface area contributed by atoms with Crippen molar-refractivity contribution >= 4 is 34.7 Å². The van der Waals surface area contributed by atoms with Gasteiger partial charge in [0.15, 0.2) is 0 Å². The van der Waals surface area contributed by atoms with Gasteiger partial charge in [-0.3, -0.25) is 0 Å². The number of aryl methyl sites for hydroxylation is 1. The summed E-state index contributed by atoms with van der Waals surface area (Å²) < 4.78 is 5.09. The highest BCUT2D eigenvalue weighted by Crippen LogP contribution is 2.19. The summed E-state index contributed by atoms with van der Waals surface area (Å²) in [6, 6.07) is 5.66. The Balaban J connectivity index is 2.68. The third-order valence-electron chi connectivity index (χ3n) is 1.69. The van der Waals surface area contributed by atoms with E-state index in [0.717, 1.165) is 11.3 Å². The number of rotatable bonds is 2. The highest BCUT2D eigenvalue weighted by molar-refractivity contribution is 7.80. The molecule has 0 saturated heterocycles. The minimum Gasteiger partial charge on any atom is -0.471 e. The van der Waals surface area contributed by atoms with Crippen LogP contribution in [-0.2, 0) is 4.74 Å². The Hall–Kier alpha value is -0.800. The van der Waals surface area contributed by atoms with E-state index in [1.54, 1.807) is 0 Å². The van der Waals surface area contributed by atoms with Gasteiger partial charge < -0.3 is 10.1 Å². The quantitative estimate of drug-likeness (QED) is 0.786. The van der Waals surface area contributed by atoms with Crippen molar-refractivity contribution in [2.75, 3.05) is 11.9 Å². The first-order valence-corrected chi connectivity index (χ1v) is 5.12. The lowest BCUT2D eigenvalue weighted by atomic mass is 10.2. The summed E-state index contributed by atoms with van der Waals surface area (Å²) in [6.07, 6.45) is 0. The number of ether oxygens (including phenoxy) is 1. The lowest BCUT2D eigenvalue weighted by Gasteiger charge is -2.08. The molecule has 0 unspecified atom stereocenters. The number of hydrogen-bond donors (Lipinski definition) is 1. The lowest BCUT2D eigenvalue weighted by Crippen LogP contribution is -2.12. The molecule has 0 aliphatic carbocycles. The molecule has 1 rings (SSSR count). The summed E-state index contributed by atoms with van der Waals surface area (Å²) >= 11 is 10.9. The van der Waals surface area contributed by atoms with E-state index in [0.29, 0.717) is 16.8 Å². The van der Waals surface area contributed by atoms with E-state index in [9.17, 15) is 0 Å². The Morgan fingerprint density at radius 2 is 2.29 bits per heavy atom. The summed E-state index contributed by atoms with van der Waals surface area (Å²) in [6.45, 7) is 4.40. The molecule has 0 aliphatic rings. The van der Waals surface area contributed by atoms with Crippen molar-refractivity contribution < 1.29 is 4.74 Å². The van der Waals surface area contributed by atoms with Gasteiger partial charge in [0, 0.05) is 10.7 Å². The van der Waals surface area contributed by atoms with E-state index in [1.807, 2.05) is 32.0 Å². The average molecular weight is 230 g/mol. The van der Waals surface area contributed by atoms with Crippen LogP contribution in [-0.4, -0.2) is 11.8 Å². The fraction of sp³-hybridized carbons (Fsp3) is 0.300. The van der Waals surface area contributed by atoms with Crippen LogP contribution in [0.15, 0.2) is 18.2 Å². The maximum absolute atomic E-state index is 5.95. The van der Waals surface area contributed by atoms with Crippen LogP contribution in [0.25, 0.3) is 0 Å². The predicted molar refractivity (Wildman–Crippen MR) is 64.0 cm³/mol.